The number of benzene rings is 2. The van der Waals surface area contributed by atoms with Crippen molar-refractivity contribution in [3.8, 4) is 0 Å². The van der Waals surface area contributed by atoms with Gasteiger partial charge >= 0.3 is 0 Å². The smallest absolute Gasteiger partial charge is 0.0577 e. The average Bonchev–Trinajstić information content (AvgIpc) is 2.35. The molecule has 0 bridgehead atoms. The monoisotopic (exact) mass is 212 g/mol. The largest absolute Gasteiger partial charge is 0.393 e. The van der Waals surface area contributed by atoms with Gasteiger partial charge in [-0.15, -0.1) is 0 Å². The van der Waals surface area contributed by atoms with Crippen LogP contribution in [0.1, 0.15) is 24.8 Å². The van der Waals surface area contributed by atoms with Crippen LogP contribution in [-0.4, -0.2) is 11.2 Å². The average molecular weight is 212 g/mol. The molecular formula is C15H16O. The van der Waals surface area contributed by atoms with Crippen molar-refractivity contribution < 1.29 is 5.11 Å². The molecule has 82 valence electrons. The fourth-order valence-corrected chi connectivity index (χ4v) is 2.75. The summed E-state index contributed by atoms with van der Waals surface area (Å²) >= 11 is 0. The van der Waals surface area contributed by atoms with E-state index < -0.39 is 0 Å². The number of hydrogen-bond acceptors (Lipinski definition) is 1. The Bertz CT molecular complexity index is 512. The van der Waals surface area contributed by atoms with E-state index in [2.05, 4.69) is 49.4 Å². The maximum Gasteiger partial charge on any atom is 0.0577 e. The molecule has 2 aromatic rings. The zero-order chi connectivity index (χ0) is 11.1. The molecule has 16 heavy (non-hydrogen) atoms. The topological polar surface area (TPSA) is 20.2 Å². The Hall–Kier alpha value is -1.34. The van der Waals surface area contributed by atoms with E-state index in [1.165, 1.54) is 16.3 Å². The molecule has 0 spiro atoms. The highest BCUT2D eigenvalue weighted by molar-refractivity contribution is 5.86. The van der Waals surface area contributed by atoms with Gasteiger partial charge in [0.15, 0.2) is 0 Å². The van der Waals surface area contributed by atoms with Crippen LogP contribution in [0, 0.1) is 5.92 Å². The summed E-state index contributed by atoms with van der Waals surface area (Å²) < 4.78 is 0. The highest BCUT2D eigenvalue weighted by Gasteiger charge is 2.37. The third-order valence-corrected chi connectivity index (χ3v) is 3.96. The molecule has 0 heterocycles. The lowest BCUT2D eigenvalue weighted by molar-refractivity contribution is 0.0122. The van der Waals surface area contributed by atoms with Crippen molar-refractivity contribution in [1.29, 1.82) is 0 Å². The molecule has 1 saturated carbocycles. The van der Waals surface area contributed by atoms with Crippen LogP contribution in [0.5, 0.6) is 0 Å². The van der Waals surface area contributed by atoms with Gasteiger partial charge in [0.05, 0.1) is 6.10 Å². The molecule has 1 aliphatic rings. The summed E-state index contributed by atoms with van der Waals surface area (Å²) in [7, 11) is 0. The lowest BCUT2D eigenvalue weighted by Gasteiger charge is -2.40. The highest BCUT2D eigenvalue weighted by atomic mass is 16.3. The van der Waals surface area contributed by atoms with Gasteiger partial charge in [-0.1, -0.05) is 49.4 Å². The molecule has 1 heteroatoms. The van der Waals surface area contributed by atoms with Crippen LogP contribution < -0.4 is 0 Å². The summed E-state index contributed by atoms with van der Waals surface area (Å²) in [6, 6.07) is 15.0. The molecule has 2 aromatic carbocycles. The summed E-state index contributed by atoms with van der Waals surface area (Å²) in [4.78, 5) is 0. The van der Waals surface area contributed by atoms with Crippen LogP contribution in [0.25, 0.3) is 10.8 Å². The Morgan fingerprint density at radius 2 is 1.81 bits per heavy atom. The van der Waals surface area contributed by atoms with E-state index in [1.807, 2.05) is 0 Å². The predicted octanol–water partition coefficient (Wildman–Crippen LogP) is 3.32. The van der Waals surface area contributed by atoms with Gasteiger partial charge < -0.3 is 5.11 Å². The molecule has 0 aromatic heterocycles. The van der Waals surface area contributed by atoms with Crippen LogP contribution in [0.15, 0.2) is 42.5 Å². The van der Waals surface area contributed by atoms with Crippen LogP contribution in [0.2, 0.25) is 0 Å². The number of hydrogen-bond donors (Lipinski definition) is 1. The summed E-state index contributed by atoms with van der Waals surface area (Å²) in [6.07, 6.45) is 0.804. The molecule has 0 amide bonds. The highest BCUT2D eigenvalue weighted by Crippen LogP contribution is 2.44. The van der Waals surface area contributed by atoms with Crippen molar-refractivity contribution in [2.75, 3.05) is 0 Å². The summed E-state index contributed by atoms with van der Waals surface area (Å²) in [6.45, 7) is 2.14. The minimum Gasteiger partial charge on any atom is -0.393 e. The van der Waals surface area contributed by atoms with E-state index in [1.54, 1.807) is 0 Å². The third-order valence-electron chi connectivity index (χ3n) is 3.96. The second-order valence-electron chi connectivity index (χ2n) is 4.84. The lowest BCUT2D eigenvalue weighted by atomic mass is 9.68. The van der Waals surface area contributed by atoms with Crippen molar-refractivity contribution in [3.05, 3.63) is 48.0 Å². The van der Waals surface area contributed by atoms with E-state index in [0.29, 0.717) is 11.8 Å². The molecule has 1 fully saturated rings. The van der Waals surface area contributed by atoms with E-state index in [-0.39, 0.29) is 6.10 Å². The first kappa shape index (κ1) is 9.86. The van der Waals surface area contributed by atoms with Gasteiger partial charge in [0, 0.05) is 0 Å². The standard InChI is InChI=1S/C15H16O/c1-10-14(9-15(10)16)13-8-4-6-11-5-2-3-7-12(11)13/h2-8,10,14-16H,9H2,1H3. The van der Waals surface area contributed by atoms with Crippen molar-refractivity contribution in [3.63, 3.8) is 0 Å². The number of aliphatic hydroxyl groups is 1. The normalized spacial score (nSPS) is 29.0. The van der Waals surface area contributed by atoms with E-state index in [4.69, 9.17) is 0 Å². The molecule has 3 atom stereocenters. The quantitative estimate of drug-likeness (QED) is 0.768. The Labute approximate surface area is 95.7 Å². The lowest BCUT2D eigenvalue weighted by Crippen LogP contribution is -2.37. The first-order valence-electron chi connectivity index (χ1n) is 5.93. The van der Waals surface area contributed by atoms with Gasteiger partial charge in [-0.2, -0.15) is 0 Å². The maximum absolute atomic E-state index is 9.62. The second-order valence-corrected chi connectivity index (χ2v) is 4.84. The van der Waals surface area contributed by atoms with Crippen LogP contribution >= 0.6 is 0 Å². The molecule has 1 N–H and O–H groups in total. The first-order valence-corrected chi connectivity index (χ1v) is 5.93. The molecule has 1 aliphatic carbocycles. The van der Waals surface area contributed by atoms with E-state index >= 15 is 0 Å². The van der Waals surface area contributed by atoms with Crippen molar-refractivity contribution in [1.82, 2.24) is 0 Å². The zero-order valence-corrected chi connectivity index (χ0v) is 9.43. The van der Waals surface area contributed by atoms with Gasteiger partial charge in [-0.25, -0.2) is 0 Å². The fourth-order valence-electron chi connectivity index (χ4n) is 2.75. The molecule has 0 aliphatic heterocycles. The zero-order valence-electron chi connectivity index (χ0n) is 9.43. The molecule has 0 saturated heterocycles. The minimum atomic E-state index is -0.107. The minimum absolute atomic E-state index is 0.107. The van der Waals surface area contributed by atoms with Gasteiger partial charge in [-0.3, -0.25) is 0 Å². The Morgan fingerprint density at radius 1 is 1.06 bits per heavy atom. The van der Waals surface area contributed by atoms with Gasteiger partial charge in [-0.05, 0) is 34.6 Å². The number of rotatable bonds is 1. The Kier molecular flexibility index (Phi) is 2.22. The fraction of sp³-hybridized carbons (Fsp3) is 0.333. The van der Waals surface area contributed by atoms with E-state index in [0.717, 1.165) is 6.42 Å². The number of aliphatic hydroxyl groups excluding tert-OH is 1. The second kappa shape index (κ2) is 3.60. The third kappa shape index (κ3) is 1.35. The molecule has 1 nitrogen and oxygen atoms in total. The first-order chi connectivity index (χ1) is 7.77. The van der Waals surface area contributed by atoms with Crippen LogP contribution in [0.3, 0.4) is 0 Å². The summed E-state index contributed by atoms with van der Waals surface area (Å²) in [5.41, 5.74) is 1.40. The van der Waals surface area contributed by atoms with Gasteiger partial charge in [0.25, 0.3) is 0 Å². The Morgan fingerprint density at radius 3 is 2.56 bits per heavy atom. The predicted molar refractivity (Wildman–Crippen MR) is 66.5 cm³/mol. The van der Waals surface area contributed by atoms with Crippen molar-refractivity contribution in [2.24, 2.45) is 5.92 Å². The Balaban J connectivity index is 2.10. The van der Waals surface area contributed by atoms with Crippen molar-refractivity contribution in [2.45, 2.75) is 25.4 Å². The maximum atomic E-state index is 9.62. The molecule has 0 radical (unpaired) electrons. The van der Waals surface area contributed by atoms with Crippen molar-refractivity contribution >= 4 is 10.8 Å². The van der Waals surface area contributed by atoms with Crippen LogP contribution in [0.4, 0.5) is 0 Å². The van der Waals surface area contributed by atoms with Crippen LogP contribution in [-0.2, 0) is 0 Å². The molecule has 3 unspecified atom stereocenters. The summed E-state index contributed by atoms with van der Waals surface area (Å²) in [5, 5.41) is 12.3. The number of fused-ring (bicyclic) bond motifs is 1. The molecular weight excluding hydrogens is 196 g/mol. The van der Waals surface area contributed by atoms with Gasteiger partial charge in [0.2, 0.25) is 0 Å². The SMILES string of the molecule is CC1C(O)CC1c1cccc2ccccc12. The molecule has 3 rings (SSSR count). The van der Waals surface area contributed by atoms with Gasteiger partial charge in [0.1, 0.15) is 0 Å². The van der Waals surface area contributed by atoms with E-state index in [9.17, 15) is 5.11 Å². The summed E-state index contributed by atoms with van der Waals surface area (Å²) in [5.74, 6) is 0.923.